The van der Waals surface area contributed by atoms with Gasteiger partial charge in [0.1, 0.15) is 16.6 Å². The predicted molar refractivity (Wildman–Crippen MR) is 88.8 cm³/mol. The summed E-state index contributed by atoms with van der Waals surface area (Å²) < 4.78 is 6.53. The van der Waals surface area contributed by atoms with Crippen LogP contribution in [0.5, 0.6) is 5.88 Å². The lowest BCUT2D eigenvalue weighted by Gasteiger charge is -2.10. The Labute approximate surface area is 134 Å². The van der Waals surface area contributed by atoms with Crippen LogP contribution in [-0.2, 0) is 6.42 Å². The second-order valence-electron chi connectivity index (χ2n) is 4.71. The molecule has 0 aliphatic heterocycles. The average Bonchev–Trinajstić information content (AvgIpc) is 2.53. The van der Waals surface area contributed by atoms with E-state index < -0.39 is 0 Å². The van der Waals surface area contributed by atoms with Crippen LogP contribution in [0.3, 0.4) is 0 Å². The van der Waals surface area contributed by atoms with Crippen molar-refractivity contribution in [3.63, 3.8) is 0 Å². The van der Waals surface area contributed by atoms with E-state index in [0.717, 1.165) is 36.1 Å². The topological polar surface area (TPSA) is 47.0 Å². The highest BCUT2D eigenvalue weighted by Crippen LogP contribution is 2.28. The molecule has 5 heteroatoms. The number of anilines is 1. The van der Waals surface area contributed by atoms with Crippen molar-refractivity contribution < 1.29 is 4.74 Å². The fourth-order valence-corrected chi connectivity index (χ4v) is 2.37. The van der Waals surface area contributed by atoms with Gasteiger partial charge in [-0.25, -0.2) is 9.97 Å². The van der Waals surface area contributed by atoms with Gasteiger partial charge < -0.3 is 10.1 Å². The van der Waals surface area contributed by atoms with Crippen LogP contribution in [0.2, 0.25) is 0 Å². The molecule has 0 aliphatic carbocycles. The molecule has 1 aromatic carbocycles. The van der Waals surface area contributed by atoms with Gasteiger partial charge in [-0.1, -0.05) is 37.3 Å². The monoisotopic (exact) mass is 349 g/mol. The Morgan fingerprint density at radius 3 is 2.76 bits per heavy atom. The van der Waals surface area contributed by atoms with Gasteiger partial charge in [0.2, 0.25) is 5.88 Å². The summed E-state index contributed by atoms with van der Waals surface area (Å²) >= 11 is 3.50. The molecule has 21 heavy (non-hydrogen) atoms. The zero-order chi connectivity index (χ0) is 14.9. The maximum atomic E-state index is 5.74. The smallest absolute Gasteiger partial charge is 0.233 e. The summed E-state index contributed by atoms with van der Waals surface area (Å²) in [7, 11) is 0. The van der Waals surface area contributed by atoms with Gasteiger partial charge in [0.05, 0.1) is 6.61 Å². The Morgan fingerprint density at radius 1 is 1.19 bits per heavy atom. The number of aryl methyl sites for hydroxylation is 1. The summed E-state index contributed by atoms with van der Waals surface area (Å²) in [5, 5.41) is 3.24. The van der Waals surface area contributed by atoms with Crippen molar-refractivity contribution in [3.05, 3.63) is 46.7 Å². The lowest BCUT2D eigenvalue weighted by Crippen LogP contribution is -2.06. The molecule has 112 valence electrons. The Balaban J connectivity index is 1.83. The molecule has 2 aromatic rings. The van der Waals surface area contributed by atoms with Crippen LogP contribution in [0, 0.1) is 0 Å². The Hall–Kier alpha value is -1.62. The molecule has 0 atom stereocenters. The number of benzene rings is 1. The third kappa shape index (κ3) is 5.01. The molecule has 4 nitrogen and oxygen atoms in total. The summed E-state index contributed by atoms with van der Waals surface area (Å²) in [5.74, 6) is 1.38. The van der Waals surface area contributed by atoms with E-state index in [1.54, 1.807) is 0 Å². The highest BCUT2D eigenvalue weighted by atomic mass is 79.9. The van der Waals surface area contributed by atoms with Crippen molar-refractivity contribution in [2.75, 3.05) is 18.5 Å². The van der Waals surface area contributed by atoms with Gasteiger partial charge in [0, 0.05) is 6.54 Å². The van der Waals surface area contributed by atoms with E-state index in [0.29, 0.717) is 12.5 Å². The third-order valence-corrected chi connectivity index (χ3v) is 3.71. The molecule has 0 aliphatic rings. The molecule has 1 aromatic heterocycles. The van der Waals surface area contributed by atoms with Crippen molar-refractivity contribution in [1.82, 2.24) is 9.97 Å². The number of aromatic nitrogens is 2. The van der Waals surface area contributed by atoms with E-state index in [-0.39, 0.29) is 0 Å². The normalized spacial score (nSPS) is 10.4. The van der Waals surface area contributed by atoms with Gasteiger partial charge in [0.15, 0.2) is 0 Å². The summed E-state index contributed by atoms with van der Waals surface area (Å²) in [4.78, 5) is 8.37. The predicted octanol–water partition coefficient (Wildman–Crippen LogP) is 4.07. The lowest BCUT2D eigenvalue weighted by atomic mass is 10.1. The first-order valence-electron chi connectivity index (χ1n) is 7.22. The summed E-state index contributed by atoms with van der Waals surface area (Å²) in [6, 6.07) is 10.4. The summed E-state index contributed by atoms with van der Waals surface area (Å²) in [6.07, 6.45) is 4.53. The number of hydrogen-bond acceptors (Lipinski definition) is 4. The van der Waals surface area contributed by atoms with Gasteiger partial charge in [0.25, 0.3) is 0 Å². The molecule has 1 N–H and O–H groups in total. The molecule has 1 heterocycles. The van der Waals surface area contributed by atoms with E-state index in [1.165, 1.54) is 11.9 Å². The first-order valence-corrected chi connectivity index (χ1v) is 8.01. The molecule has 0 fully saturated rings. The van der Waals surface area contributed by atoms with Gasteiger partial charge in [-0.2, -0.15) is 0 Å². The highest BCUT2D eigenvalue weighted by Gasteiger charge is 2.09. The van der Waals surface area contributed by atoms with Crippen molar-refractivity contribution in [2.24, 2.45) is 0 Å². The minimum Gasteiger partial charge on any atom is -0.477 e. The lowest BCUT2D eigenvalue weighted by molar-refractivity contribution is 0.297. The number of nitrogens with zero attached hydrogens (tertiary/aromatic N) is 2. The zero-order valence-corrected chi connectivity index (χ0v) is 13.8. The van der Waals surface area contributed by atoms with Crippen LogP contribution >= 0.6 is 15.9 Å². The number of nitrogens with one attached hydrogen (secondary N) is 1. The first-order chi connectivity index (χ1) is 10.3. The molecule has 0 radical (unpaired) electrons. The Bertz CT molecular complexity index is 548. The van der Waals surface area contributed by atoms with E-state index in [4.69, 9.17) is 4.74 Å². The molecule has 0 saturated carbocycles. The molecule has 2 rings (SSSR count). The molecule has 0 unspecified atom stereocenters. The highest BCUT2D eigenvalue weighted by molar-refractivity contribution is 9.10. The number of rotatable bonds is 8. The van der Waals surface area contributed by atoms with Crippen LogP contribution in [0.1, 0.15) is 25.3 Å². The van der Waals surface area contributed by atoms with Gasteiger partial charge in [-0.05, 0) is 40.8 Å². The second-order valence-corrected chi connectivity index (χ2v) is 5.50. The number of ether oxygens (including phenoxy) is 1. The van der Waals surface area contributed by atoms with Crippen LogP contribution in [0.4, 0.5) is 5.82 Å². The van der Waals surface area contributed by atoms with Gasteiger partial charge in [-0.15, -0.1) is 0 Å². The molecule has 0 spiro atoms. The molecule has 0 amide bonds. The number of hydrogen-bond donors (Lipinski definition) is 1. The van der Waals surface area contributed by atoms with Crippen molar-refractivity contribution in [2.45, 2.75) is 26.2 Å². The zero-order valence-electron chi connectivity index (χ0n) is 12.2. The fraction of sp³-hybridized carbons (Fsp3) is 0.375. The van der Waals surface area contributed by atoms with Crippen molar-refractivity contribution in [3.8, 4) is 5.88 Å². The van der Waals surface area contributed by atoms with Crippen LogP contribution < -0.4 is 10.1 Å². The SMILES string of the molecule is CCCNc1ncnc(OCCCc2ccccc2)c1Br. The van der Waals surface area contributed by atoms with Crippen LogP contribution in [-0.4, -0.2) is 23.1 Å². The average molecular weight is 350 g/mol. The second kappa shape index (κ2) is 8.62. The van der Waals surface area contributed by atoms with Gasteiger partial charge >= 0.3 is 0 Å². The molecule has 0 bridgehead atoms. The minimum absolute atomic E-state index is 0.594. The Kier molecular flexibility index (Phi) is 6.47. The third-order valence-electron chi connectivity index (χ3n) is 2.99. The van der Waals surface area contributed by atoms with E-state index in [2.05, 4.69) is 62.4 Å². The maximum Gasteiger partial charge on any atom is 0.233 e. The van der Waals surface area contributed by atoms with Crippen LogP contribution in [0.25, 0.3) is 0 Å². The molecular weight excluding hydrogens is 330 g/mol. The largest absolute Gasteiger partial charge is 0.477 e. The van der Waals surface area contributed by atoms with Gasteiger partial charge in [-0.3, -0.25) is 0 Å². The quantitative estimate of drug-likeness (QED) is 0.729. The maximum absolute atomic E-state index is 5.74. The molecule has 0 saturated heterocycles. The van der Waals surface area contributed by atoms with E-state index in [1.807, 2.05) is 6.07 Å². The standard InChI is InChI=1S/C16H20BrN3O/c1-2-10-18-15-14(17)16(20-12-19-15)21-11-6-9-13-7-4-3-5-8-13/h3-5,7-8,12H,2,6,9-11H2,1H3,(H,18,19,20). The van der Waals surface area contributed by atoms with E-state index >= 15 is 0 Å². The summed E-state index contributed by atoms with van der Waals surface area (Å²) in [5.41, 5.74) is 1.33. The fourth-order valence-electron chi connectivity index (χ4n) is 1.91. The van der Waals surface area contributed by atoms with Crippen molar-refractivity contribution >= 4 is 21.7 Å². The minimum atomic E-state index is 0.594. The summed E-state index contributed by atoms with van der Waals surface area (Å²) in [6.45, 7) is 3.63. The Morgan fingerprint density at radius 2 is 2.00 bits per heavy atom. The van der Waals surface area contributed by atoms with E-state index in [9.17, 15) is 0 Å². The van der Waals surface area contributed by atoms with Crippen LogP contribution in [0.15, 0.2) is 41.1 Å². The molecular formula is C16H20BrN3O. The number of halogens is 1. The first kappa shape index (κ1) is 15.8. The van der Waals surface area contributed by atoms with Crippen molar-refractivity contribution in [1.29, 1.82) is 0 Å².